The quantitative estimate of drug-likeness (QED) is 0.806. The molecule has 2 rings (SSSR count). The zero-order valence-electron chi connectivity index (χ0n) is 8.94. The van der Waals surface area contributed by atoms with Gasteiger partial charge in [-0.1, -0.05) is 0 Å². The van der Waals surface area contributed by atoms with Crippen molar-refractivity contribution in [2.75, 3.05) is 0 Å². The van der Waals surface area contributed by atoms with Gasteiger partial charge in [-0.15, -0.1) is 11.6 Å². The minimum Gasteiger partial charge on any atom is -0.309 e. The van der Waals surface area contributed by atoms with Gasteiger partial charge in [0.1, 0.15) is 5.82 Å². The Hall–Kier alpha value is -1.62. The third-order valence-corrected chi connectivity index (χ3v) is 2.43. The fraction of sp³-hybridized carbons (Fsp3) is 0.300. The van der Waals surface area contributed by atoms with Gasteiger partial charge in [0.15, 0.2) is 0 Å². The summed E-state index contributed by atoms with van der Waals surface area (Å²) in [6.45, 7) is 1.76. The van der Waals surface area contributed by atoms with Crippen LogP contribution in [0.4, 0.5) is 0 Å². The van der Waals surface area contributed by atoms with Crippen LogP contribution in [-0.4, -0.2) is 19.7 Å². The van der Waals surface area contributed by atoms with E-state index in [1.54, 1.807) is 30.9 Å². The van der Waals surface area contributed by atoms with Crippen LogP contribution in [0.1, 0.15) is 18.1 Å². The Morgan fingerprint density at radius 3 is 2.88 bits per heavy atom. The molecule has 0 saturated carbocycles. The Morgan fingerprint density at radius 2 is 2.31 bits per heavy atom. The van der Waals surface area contributed by atoms with Gasteiger partial charge >= 0.3 is 0 Å². The summed E-state index contributed by atoms with van der Waals surface area (Å²) in [6.07, 6.45) is 1.65. The molecule has 0 aromatic carbocycles. The van der Waals surface area contributed by atoms with Gasteiger partial charge < -0.3 is 4.98 Å². The van der Waals surface area contributed by atoms with Gasteiger partial charge in [-0.05, 0) is 13.0 Å². The van der Waals surface area contributed by atoms with Crippen LogP contribution in [-0.2, 0) is 7.05 Å². The van der Waals surface area contributed by atoms with Crippen LogP contribution < -0.4 is 5.56 Å². The van der Waals surface area contributed by atoms with E-state index in [-0.39, 0.29) is 10.9 Å². The fourth-order valence-electron chi connectivity index (χ4n) is 1.42. The molecule has 0 radical (unpaired) electrons. The van der Waals surface area contributed by atoms with Crippen LogP contribution in [0.15, 0.2) is 23.1 Å². The predicted molar refractivity (Wildman–Crippen MR) is 61.3 cm³/mol. The van der Waals surface area contributed by atoms with Gasteiger partial charge in [-0.3, -0.25) is 9.48 Å². The van der Waals surface area contributed by atoms with Crippen LogP contribution in [0.5, 0.6) is 0 Å². The average Bonchev–Trinajstić information content (AvgIpc) is 2.63. The maximum atomic E-state index is 11.4. The van der Waals surface area contributed by atoms with Crippen molar-refractivity contribution < 1.29 is 0 Å². The molecule has 1 unspecified atom stereocenters. The zero-order chi connectivity index (χ0) is 11.7. The molecule has 16 heavy (non-hydrogen) atoms. The molecule has 0 aliphatic carbocycles. The normalized spacial score (nSPS) is 12.7. The van der Waals surface area contributed by atoms with E-state index in [0.29, 0.717) is 11.5 Å². The first-order valence-electron chi connectivity index (χ1n) is 4.81. The van der Waals surface area contributed by atoms with Crippen molar-refractivity contribution in [2.45, 2.75) is 12.3 Å². The summed E-state index contributed by atoms with van der Waals surface area (Å²) in [5.41, 5.74) is 1.14. The summed E-state index contributed by atoms with van der Waals surface area (Å²) in [4.78, 5) is 18.3. The Balaban J connectivity index is 2.58. The number of hydrogen-bond acceptors (Lipinski definition) is 3. The van der Waals surface area contributed by atoms with Crippen LogP contribution in [0.3, 0.4) is 0 Å². The molecule has 0 aliphatic heterocycles. The lowest BCUT2D eigenvalue weighted by Crippen LogP contribution is -2.12. The molecule has 1 N–H and O–H groups in total. The highest BCUT2D eigenvalue weighted by Crippen LogP contribution is 2.18. The van der Waals surface area contributed by atoms with Gasteiger partial charge in [-0.2, -0.15) is 5.10 Å². The molecule has 2 aromatic rings. The summed E-state index contributed by atoms with van der Waals surface area (Å²) in [7, 11) is 1.79. The van der Waals surface area contributed by atoms with E-state index in [1.807, 2.05) is 0 Å². The first kappa shape index (κ1) is 10.9. The van der Waals surface area contributed by atoms with E-state index in [0.717, 1.165) is 5.69 Å². The number of halogens is 1. The third kappa shape index (κ3) is 1.99. The van der Waals surface area contributed by atoms with Gasteiger partial charge in [0.25, 0.3) is 5.56 Å². The fourth-order valence-corrected chi connectivity index (χ4v) is 1.52. The molecule has 5 nitrogen and oxygen atoms in total. The molecule has 84 valence electrons. The number of rotatable bonds is 2. The summed E-state index contributed by atoms with van der Waals surface area (Å²) in [6, 6.07) is 3.23. The first-order valence-corrected chi connectivity index (χ1v) is 5.25. The van der Waals surface area contributed by atoms with E-state index < -0.39 is 0 Å². The maximum absolute atomic E-state index is 11.4. The molecule has 0 saturated heterocycles. The number of hydrogen-bond donors (Lipinski definition) is 1. The Labute approximate surface area is 97.1 Å². The second-order valence-electron chi connectivity index (χ2n) is 3.47. The van der Waals surface area contributed by atoms with Crippen LogP contribution in [0.2, 0.25) is 0 Å². The number of nitrogens with zero attached hydrogens (tertiary/aromatic N) is 3. The van der Waals surface area contributed by atoms with Crippen LogP contribution >= 0.6 is 11.6 Å². The van der Waals surface area contributed by atoms with Crippen molar-refractivity contribution in [1.29, 1.82) is 0 Å². The lowest BCUT2D eigenvalue weighted by Gasteiger charge is -2.05. The van der Waals surface area contributed by atoms with Crippen molar-refractivity contribution in [3.8, 4) is 11.4 Å². The van der Waals surface area contributed by atoms with Crippen molar-refractivity contribution >= 4 is 11.6 Å². The number of aromatic nitrogens is 4. The van der Waals surface area contributed by atoms with E-state index in [4.69, 9.17) is 11.6 Å². The minimum atomic E-state index is -0.333. The lowest BCUT2D eigenvalue weighted by atomic mass is 10.3. The van der Waals surface area contributed by atoms with Gasteiger partial charge in [0.2, 0.25) is 0 Å². The standard InChI is InChI=1S/C10H11ClN4O/c1-6(11)10-13-7(5-9(16)14-10)8-3-4-12-15(8)2/h3-6H,1-2H3,(H,13,14,16). The minimum absolute atomic E-state index is 0.214. The predicted octanol–water partition coefficient (Wildman–Crippen LogP) is 1.47. The highest BCUT2D eigenvalue weighted by Gasteiger charge is 2.10. The highest BCUT2D eigenvalue weighted by molar-refractivity contribution is 6.20. The molecule has 1 atom stereocenters. The summed E-state index contributed by atoms with van der Waals surface area (Å²) in [5.74, 6) is 0.463. The summed E-state index contributed by atoms with van der Waals surface area (Å²) in [5, 5.41) is 3.70. The summed E-state index contributed by atoms with van der Waals surface area (Å²) >= 11 is 5.89. The Morgan fingerprint density at radius 1 is 1.56 bits per heavy atom. The summed E-state index contributed by atoms with van der Waals surface area (Å²) < 4.78 is 1.66. The molecule has 0 fully saturated rings. The van der Waals surface area contributed by atoms with Crippen LogP contribution in [0, 0.1) is 0 Å². The molecule has 0 aliphatic rings. The number of H-pyrrole nitrogens is 1. The first-order chi connectivity index (χ1) is 7.58. The van der Waals surface area contributed by atoms with E-state index in [2.05, 4.69) is 15.1 Å². The van der Waals surface area contributed by atoms with Crippen LogP contribution in [0.25, 0.3) is 11.4 Å². The Kier molecular flexibility index (Phi) is 2.78. The molecule has 2 aromatic heterocycles. The second-order valence-corrected chi connectivity index (χ2v) is 4.13. The number of nitrogens with one attached hydrogen (secondary N) is 1. The lowest BCUT2D eigenvalue weighted by molar-refractivity contribution is 0.770. The molecule has 0 spiro atoms. The smallest absolute Gasteiger partial charge is 0.251 e. The van der Waals surface area contributed by atoms with E-state index >= 15 is 0 Å². The van der Waals surface area contributed by atoms with Gasteiger partial charge in [0.05, 0.1) is 16.8 Å². The average molecular weight is 239 g/mol. The molecular formula is C10H11ClN4O. The van der Waals surface area contributed by atoms with E-state index in [1.165, 1.54) is 6.07 Å². The Bertz CT molecular complexity index is 558. The molecule has 6 heteroatoms. The monoisotopic (exact) mass is 238 g/mol. The third-order valence-electron chi connectivity index (χ3n) is 2.22. The maximum Gasteiger partial charge on any atom is 0.251 e. The SMILES string of the molecule is CC(Cl)c1nc(-c2ccnn2C)cc(=O)[nH]1. The van der Waals surface area contributed by atoms with Crippen molar-refractivity contribution in [1.82, 2.24) is 19.7 Å². The zero-order valence-corrected chi connectivity index (χ0v) is 9.69. The van der Waals surface area contributed by atoms with Crippen molar-refractivity contribution in [3.63, 3.8) is 0 Å². The number of alkyl halides is 1. The van der Waals surface area contributed by atoms with Crippen molar-refractivity contribution in [3.05, 3.63) is 34.5 Å². The topological polar surface area (TPSA) is 63.6 Å². The highest BCUT2D eigenvalue weighted by atomic mass is 35.5. The largest absolute Gasteiger partial charge is 0.309 e. The van der Waals surface area contributed by atoms with E-state index in [9.17, 15) is 4.79 Å². The molecule has 0 amide bonds. The number of aryl methyl sites for hydroxylation is 1. The van der Waals surface area contributed by atoms with Crippen molar-refractivity contribution in [2.24, 2.45) is 7.05 Å². The molecule has 0 bridgehead atoms. The van der Waals surface area contributed by atoms with Gasteiger partial charge in [-0.25, -0.2) is 4.98 Å². The number of aromatic amines is 1. The second kappa shape index (κ2) is 4.09. The van der Waals surface area contributed by atoms with Gasteiger partial charge in [0, 0.05) is 19.3 Å². The molecule has 2 heterocycles. The molecular weight excluding hydrogens is 228 g/mol.